The van der Waals surface area contributed by atoms with Crippen LogP contribution in [-0.4, -0.2) is 25.2 Å². The van der Waals surface area contributed by atoms with Crippen LogP contribution in [0.3, 0.4) is 0 Å². The lowest BCUT2D eigenvalue weighted by Crippen LogP contribution is -2.31. The van der Waals surface area contributed by atoms with Gasteiger partial charge in [0, 0.05) is 5.92 Å². The maximum absolute atomic E-state index is 11.9. The molecule has 0 aromatic rings. The molecule has 0 saturated heterocycles. The maximum atomic E-state index is 11.9. The summed E-state index contributed by atoms with van der Waals surface area (Å²) in [6, 6.07) is 0. The lowest BCUT2D eigenvalue weighted by atomic mass is 10.0. The molecule has 1 aliphatic carbocycles. The third-order valence-corrected chi connectivity index (χ3v) is 5.22. The van der Waals surface area contributed by atoms with Crippen molar-refractivity contribution in [3.63, 3.8) is 0 Å². The van der Waals surface area contributed by atoms with Crippen LogP contribution in [0.1, 0.15) is 46.0 Å². The van der Waals surface area contributed by atoms with Crippen LogP contribution in [0.4, 0.5) is 0 Å². The molecule has 0 spiro atoms. The minimum absolute atomic E-state index is 0.152. The molecular weight excluding hydrogens is 212 g/mol. The van der Waals surface area contributed by atoms with Crippen molar-refractivity contribution in [1.82, 2.24) is 0 Å². The lowest BCUT2D eigenvalue weighted by molar-refractivity contribution is -0.119. The van der Waals surface area contributed by atoms with Gasteiger partial charge in [0.05, 0.1) is 5.25 Å². The van der Waals surface area contributed by atoms with E-state index in [1.807, 2.05) is 0 Å². The summed E-state index contributed by atoms with van der Waals surface area (Å²) in [6.07, 6.45) is 4.59. The van der Waals surface area contributed by atoms with Gasteiger partial charge in [0.15, 0.2) is 9.84 Å². The number of ketones is 1. The molecule has 3 nitrogen and oxygen atoms in total. The van der Waals surface area contributed by atoms with E-state index in [-0.39, 0.29) is 22.7 Å². The number of hydrogen-bond donors (Lipinski definition) is 0. The predicted molar refractivity (Wildman–Crippen MR) is 60.5 cm³/mol. The van der Waals surface area contributed by atoms with Crippen molar-refractivity contribution in [2.24, 2.45) is 5.92 Å². The van der Waals surface area contributed by atoms with Crippen LogP contribution in [0.15, 0.2) is 0 Å². The van der Waals surface area contributed by atoms with Gasteiger partial charge in [-0.05, 0) is 12.8 Å². The first-order valence-electron chi connectivity index (χ1n) is 5.68. The number of hydrogen-bond acceptors (Lipinski definition) is 3. The van der Waals surface area contributed by atoms with E-state index in [1.165, 1.54) is 0 Å². The van der Waals surface area contributed by atoms with Crippen LogP contribution >= 0.6 is 0 Å². The van der Waals surface area contributed by atoms with Crippen LogP contribution in [-0.2, 0) is 14.6 Å². The van der Waals surface area contributed by atoms with Crippen molar-refractivity contribution in [1.29, 1.82) is 0 Å². The molecule has 0 heterocycles. The molecule has 88 valence electrons. The molecule has 1 rings (SSSR count). The van der Waals surface area contributed by atoms with E-state index in [9.17, 15) is 13.2 Å². The van der Waals surface area contributed by atoms with E-state index in [0.717, 1.165) is 32.1 Å². The Hall–Kier alpha value is -0.380. The molecular formula is C11H20O3S. The summed E-state index contributed by atoms with van der Waals surface area (Å²) in [5.41, 5.74) is 0. The molecule has 0 aliphatic heterocycles. The summed E-state index contributed by atoms with van der Waals surface area (Å²) >= 11 is 0. The standard InChI is InChI=1S/C11H20O3S/c1-9(2)11(12)8-15(13,14)10-6-4-3-5-7-10/h9-10H,3-8H2,1-2H3. The van der Waals surface area contributed by atoms with Crippen molar-refractivity contribution in [2.45, 2.75) is 51.2 Å². The van der Waals surface area contributed by atoms with E-state index in [2.05, 4.69) is 0 Å². The quantitative estimate of drug-likeness (QED) is 0.744. The highest BCUT2D eigenvalue weighted by molar-refractivity contribution is 7.92. The Morgan fingerprint density at radius 1 is 1.20 bits per heavy atom. The van der Waals surface area contributed by atoms with Crippen molar-refractivity contribution < 1.29 is 13.2 Å². The molecule has 1 fully saturated rings. The zero-order valence-electron chi connectivity index (χ0n) is 9.53. The monoisotopic (exact) mass is 232 g/mol. The zero-order valence-corrected chi connectivity index (χ0v) is 10.3. The largest absolute Gasteiger partial charge is 0.298 e. The molecule has 0 atom stereocenters. The summed E-state index contributed by atoms with van der Waals surface area (Å²) in [6.45, 7) is 3.50. The Labute approximate surface area is 92.2 Å². The van der Waals surface area contributed by atoms with Crippen molar-refractivity contribution in [2.75, 3.05) is 5.75 Å². The third kappa shape index (κ3) is 3.59. The Balaban J connectivity index is 2.61. The second-order valence-electron chi connectivity index (χ2n) is 4.69. The number of carbonyl (C=O) groups excluding carboxylic acids is 1. The minimum atomic E-state index is -3.18. The van der Waals surface area contributed by atoms with Crippen molar-refractivity contribution in [3.05, 3.63) is 0 Å². The first kappa shape index (κ1) is 12.7. The van der Waals surface area contributed by atoms with Gasteiger partial charge in [-0.3, -0.25) is 4.79 Å². The topological polar surface area (TPSA) is 51.2 Å². The van der Waals surface area contributed by atoms with Crippen LogP contribution in [0.2, 0.25) is 0 Å². The van der Waals surface area contributed by atoms with E-state index < -0.39 is 9.84 Å². The molecule has 0 N–H and O–H groups in total. The number of Topliss-reactive ketones (excluding diaryl/α,β-unsaturated/α-hetero) is 1. The molecule has 0 radical (unpaired) electrons. The highest BCUT2D eigenvalue weighted by Gasteiger charge is 2.29. The van der Waals surface area contributed by atoms with Gasteiger partial charge in [-0.2, -0.15) is 0 Å². The normalized spacial score (nSPS) is 19.4. The van der Waals surface area contributed by atoms with Gasteiger partial charge in [-0.1, -0.05) is 33.1 Å². The molecule has 1 saturated carbocycles. The molecule has 0 unspecified atom stereocenters. The Bertz CT molecular complexity index is 311. The third-order valence-electron chi connectivity index (χ3n) is 3.05. The summed E-state index contributed by atoms with van der Waals surface area (Å²) < 4.78 is 23.8. The smallest absolute Gasteiger partial charge is 0.160 e. The predicted octanol–water partition coefficient (Wildman–Crippen LogP) is 1.96. The lowest BCUT2D eigenvalue weighted by Gasteiger charge is -2.21. The molecule has 4 heteroatoms. The van der Waals surface area contributed by atoms with E-state index >= 15 is 0 Å². The highest BCUT2D eigenvalue weighted by Crippen LogP contribution is 2.24. The fourth-order valence-electron chi connectivity index (χ4n) is 1.91. The number of sulfone groups is 1. The van der Waals surface area contributed by atoms with E-state index in [4.69, 9.17) is 0 Å². The Morgan fingerprint density at radius 3 is 2.20 bits per heavy atom. The Kier molecular flexibility index (Phi) is 4.32. The molecule has 0 aromatic heterocycles. The van der Waals surface area contributed by atoms with Crippen molar-refractivity contribution in [3.8, 4) is 0 Å². The van der Waals surface area contributed by atoms with Gasteiger partial charge in [-0.25, -0.2) is 8.42 Å². The van der Waals surface area contributed by atoms with Crippen LogP contribution < -0.4 is 0 Å². The van der Waals surface area contributed by atoms with Gasteiger partial charge in [-0.15, -0.1) is 0 Å². The van der Waals surface area contributed by atoms with Gasteiger partial charge < -0.3 is 0 Å². The number of carbonyl (C=O) groups is 1. The van der Waals surface area contributed by atoms with Crippen LogP contribution in [0.5, 0.6) is 0 Å². The average molecular weight is 232 g/mol. The molecule has 0 bridgehead atoms. The fraction of sp³-hybridized carbons (Fsp3) is 0.909. The second kappa shape index (κ2) is 5.10. The summed E-state index contributed by atoms with van der Waals surface area (Å²) in [5, 5.41) is -0.256. The maximum Gasteiger partial charge on any atom is 0.160 e. The molecule has 1 aliphatic rings. The molecule has 15 heavy (non-hydrogen) atoms. The molecule has 0 amide bonds. The highest BCUT2D eigenvalue weighted by atomic mass is 32.2. The van der Waals surface area contributed by atoms with E-state index in [1.54, 1.807) is 13.8 Å². The molecule has 0 aromatic carbocycles. The minimum Gasteiger partial charge on any atom is -0.298 e. The average Bonchev–Trinajstić information content (AvgIpc) is 2.18. The zero-order chi connectivity index (χ0) is 11.5. The SMILES string of the molecule is CC(C)C(=O)CS(=O)(=O)C1CCCCC1. The van der Waals surface area contributed by atoms with Crippen LogP contribution in [0, 0.1) is 5.92 Å². The van der Waals surface area contributed by atoms with Crippen LogP contribution in [0.25, 0.3) is 0 Å². The second-order valence-corrected chi connectivity index (χ2v) is 6.97. The summed E-state index contributed by atoms with van der Waals surface area (Å²) in [4.78, 5) is 11.4. The summed E-state index contributed by atoms with van der Waals surface area (Å²) in [5.74, 6) is -0.584. The number of rotatable bonds is 4. The first-order valence-corrected chi connectivity index (χ1v) is 7.39. The first-order chi connectivity index (χ1) is 6.93. The van der Waals surface area contributed by atoms with Gasteiger partial charge >= 0.3 is 0 Å². The van der Waals surface area contributed by atoms with Gasteiger partial charge in [0.25, 0.3) is 0 Å². The summed E-state index contributed by atoms with van der Waals surface area (Å²) in [7, 11) is -3.18. The Morgan fingerprint density at radius 2 is 1.73 bits per heavy atom. The van der Waals surface area contributed by atoms with Crippen molar-refractivity contribution >= 4 is 15.6 Å². The van der Waals surface area contributed by atoms with Gasteiger partial charge in [0.2, 0.25) is 0 Å². The fourth-order valence-corrected chi connectivity index (χ4v) is 3.92. The van der Waals surface area contributed by atoms with Gasteiger partial charge in [0.1, 0.15) is 11.5 Å². The van der Waals surface area contributed by atoms with E-state index in [0.29, 0.717) is 0 Å².